The molecule has 2 nitrogen and oxygen atoms in total. The van der Waals surface area contributed by atoms with Gasteiger partial charge in [0.15, 0.2) is 0 Å². The lowest BCUT2D eigenvalue weighted by Gasteiger charge is -2.03. The number of rotatable bonds is 12. The van der Waals surface area contributed by atoms with Crippen molar-refractivity contribution in [2.24, 2.45) is 5.92 Å². The van der Waals surface area contributed by atoms with E-state index < -0.39 is 5.92 Å². The zero-order valence-corrected chi connectivity index (χ0v) is 11.5. The summed E-state index contributed by atoms with van der Waals surface area (Å²) >= 11 is 0. The van der Waals surface area contributed by atoms with Crippen molar-refractivity contribution in [3.05, 3.63) is 0 Å². The summed E-state index contributed by atoms with van der Waals surface area (Å²) in [5, 5.41) is 0. The van der Waals surface area contributed by atoms with Gasteiger partial charge in [-0.2, -0.15) is 0 Å². The molecule has 0 saturated carbocycles. The van der Waals surface area contributed by atoms with Gasteiger partial charge in [-0.25, -0.2) is 0 Å². The first kappa shape index (κ1) is 16.3. The Labute approximate surface area is 106 Å². The van der Waals surface area contributed by atoms with Gasteiger partial charge in [0.1, 0.15) is 12.1 Å². The lowest BCUT2D eigenvalue weighted by atomic mass is 10.0. The van der Waals surface area contributed by atoms with Crippen molar-refractivity contribution < 1.29 is 9.59 Å². The van der Waals surface area contributed by atoms with E-state index in [-0.39, 0.29) is 5.78 Å². The van der Waals surface area contributed by atoms with Gasteiger partial charge in [0.2, 0.25) is 0 Å². The third kappa shape index (κ3) is 10.2. The Hall–Kier alpha value is -0.660. The van der Waals surface area contributed by atoms with Gasteiger partial charge in [0.05, 0.1) is 5.92 Å². The molecule has 0 rings (SSSR count). The summed E-state index contributed by atoms with van der Waals surface area (Å²) in [6.45, 7) is 3.92. The van der Waals surface area contributed by atoms with Crippen molar-refractivity contribution in [2.75, 3.05) is 0 Å². The van der Waals surface area contributed by atoms with Crippen molar-refractivity contribution in [3.8, 4) is 0 Å². The summed E-state index contributed by atoms with van der Waals surface area (Å²) < 4.78 is 0. The molecule has 2 heteroatoms. The van der Waals surface area contributed by atoms with Crippen molar-refractivity contribution in [1.82, 2.24) is 0 Å². The molecule has 0 aromatic heterocycles. The maximum Gasteiger partial charge on any atom is 0.142 e. The number of carbonyl (C=O) groups is 2. The first-order chi connectivity index (χ1) is 8.22. The molecule has 0 saturated heterocycles. The van der Waals surface area contributed by atoms with Crippen molar-refractivity contribution in [2.45, 2.75) is 78.1 Å². The van der Waals surface area contributed by atoms with Crippen molar-refractivity contribution in [1.29, 1.82) is 0 Å². The number of Topliss-reactive ketones (excluding diaryl/α,β-unsaturated/α-hetero) is 1. The molecule has 1 unspecified atom stereocenters. The SMILES string of the molecule is CCCCCCCCCCCC(=O)C(C)C=O. The van der Waals surface area contributed by atoms with E-state index in [1.807, 2.05) is 0 Å². The normalized spacial score (nSPS) is 12.4. The molecule has 0 aliphatic heterocycles. The molecule has 0 radical (unpaired) electrons. The molecule has 0 amide bonds. The van der Waals surface area contributed by atoms with Crippen molar-refractivity contribution in [3.63, 3.8) is 0 Å². The summed E-state index contributed by atoms with van der Waals surface area (Å²) in [5.74, 6) is -0.299. The van der Waals surface area contributed by atoms with Crippen LogP contribution >= 0.6 is 0 Å². The van der Waals surface area contributed by atoms with Crippen LogP contribution < -0.4 is 0 Å². The third-order valence-electron chi connectivity index (χ3n) is 3.24. The van der Waals surface area contributed by atoms with Gasteiger partial charge in [-0.15, -0.1) is 0 Å². The number of ketones is 1. The molecule has 0 N–H and O–H groups in total. The predicted molar refractivity (Wildman–Crippen MR) is 72.1 cm³/mol. The maximum atomic E-state index is 11.3. The average molecular weight is 240 g/mol. The van der Waals surface area contributed by atoms with Gasteiger partial charge < -0.3 is 4.79 Å². The molecule has 0 aliphatic rings. The second-order valence-corrected chi connectivity index (χ2v) is 4.97. The van der Waals surface area contributed by atoms with E-state index in [1.54, 1.807) is 6.92 Å². The largest absolute Gasteiger partial charge is 0.303 e. The molecule has 1 atom stereocenters. The van der Waals surface area contributed by atoms with Crippen LogP contribution in [0.3, 0.4) is 0 Å². The highest BCUT2D eigenvalue weighted by molar-refractivity contribution is 5.92. The quantitative estimate of drug-likeness (QED) is 0.289. The van der Waals surface area contributed by atoms with Gasteiger partial charge >= 0.3 is 0 Å². The molecule has 0 bridgehead atoms. The van der Waals surface area contributed by atoms with Crippen LogP contribution in [-0.2, 0) is 9.59 Å². The lowest BCUT2D eigenvalue weighted by molar-refractivity contribution is -0.126. The Kier molecular flexibility index (Phi) is 11.4. The number of hydrogen-bond acceptors (Lipinski definition) is 2. The minimum atomic E-state index is -0.399. The second kappa shape index (κ2) is 11.8. The van der Waals surface area contributed by atoms with Crippen LogP contribution in [0.25, 0.3) is 0 Å². The fourth-order valence-corrected chi connectivity index (χ4v) is 1.91. The molecule has 17 heavy (non-hydrogen) atoms. The highest BCUT2D eigenvalue weighted by Crippen LogP contribution is 2.11. The molecule has 0 heterocycles. The maximum absolute atomic E-state index is 11.3. The van der Waals surface area contributed by atoms with Crippen LogP contribution in [0.2, 0.25) is 0 Å². The monoisotopic (exact) mass is 240 g/mol. The predicted octanol–water partition coefficient (Wildman–Crippen LogP) is 4.31. The molecule has 0 aliphatic carbocycles. The lowest BCUT2D eigenvalue weighted by Crippen LogP contribution is -2.11. The van der Waals surface area contributed by atoms with E-state index in [9.17, 15) is 9.59 Å². The van der Waals surface area contributed by atoms with E-state index in [2.05, 4.69) is 6.92 Å². The highest BCUT2D eigenvalue weighted by Gasteiger charge is 2.10. The number of carbonyl (C=O) groups excluding carboxylic acids is 2. The smallest absolute Gasteiger partial charge is 0.142 e. The van der Waals surface area contributed by atoms with Gasteiger partial charge in [-0.3, -0.25) is 4.79 Å². The highest BCUT2D eigenvalue weighted by atomic mass is 16.1. The van der Waals surface area contributed by atoms with Crippen LogP contribution in [0.4, 0.5) is 0 Å². The molecule has 0 aromatic carbocycles. The number of unbranched alkanes of at least 4 members (excludes halogenated alkanes) is 8. The van der Waals surface area contributed by atoms with Gasteiger partial charge in [0, 0.05) is 6.42 Å². The van der Waals surface area contributed by atoms with E-state index >= 15 is 0 Å². The van der Waals surface area contributed by atoms with E-state index in [0.717, 1.165) is 19.1 Å². The average Bonchev–Trinajstić information content (AvgIpc) is 2.35. The van der Waals surface area contributed by atoms with Crippen LogP contribution in [0.5, 0.6) is 0 Å². The van der Waals surface area contributed by atoms with Crippen LogP contribution in [0.15, 0.2) is 0 Å². The number of hydrogen-bond donors (Lipinski definition) is 0. The first-order valence-electron chi connectivity index (χ1n) is 7.20. The molecule has 0 spiro atoms. The van der Waals surface area contributed by atoms with Crippen LogP contribution in [0.1, 0.15) is 78.1 Å². The van der Waals surface area contributed by atoms with E-state index in [4.69, 9.17) is 0 Å². The molecular formula is C15H28O2. The molecule has 100 valence electrons. The molecular weight excluding hydrogens is 212 g/mol. The van der Waals surface area contributed by atoms with Gasteiger partial charge in [-0.1, -0.05) is 58.3 Å². The number of aldehydes is 1. The van der Waals surface area contributed by atoms with Crippen molar-refractivity contribution >= 4 is 12.1 Å². The minimum Gasteiger partial charge on any atom is -0.303 e. The third-order valence-corrected chi connectivity index (χ3v) is 3.24. The zero-order valence-electron chi connectivity index (χ0n) is 11.5. The van der Waals surface area contributed by atoms with E-state index in [0.29, 0.717) is 6.42 Å². The van der Waals surface area contributed by atoms with E-state index in [1.165, 1.54) is 44.9 Å². The van der Waals surface area contributed by atoms with Gasteiger partial charge in [-0.05, 0) is 13.3 Å². The minimum absolute atomic E-state index is 0.0999. The van der Waals surface area contributed by atoms with Crippen LogP contribution in [0, 0.1) is 5.92 Å². The summed E-state index contributed by atoms with van der Waals surface area (Å²) in [7, 11) is 0. The fourth-order valence-electron chi connectivity index (χ4n) is 1.91. The second-order valence-electron chi connectivity index (χ2n) is 4.97. The Morgan fingerprint density at radius 3 is 1.88 bits per heavy atom. The summed E-state index contributed by atoms with van der Waals surface area (Å²) in [4.78, 5) is 21.7. The fraction of sp³-hybridized carbons (Fsp3) is 0.867. The summed E-state index contributed by atoms with van der Waals surface area (Å²) in [6, 6.07) is 0. The topological polar surface area (TPSA) is 34.1 Å². The Balaban J connectivity index is 3.18. The standard InChI is InChI=1S/C15H28O2/c1-3-4-5-6-7-8-9-10-11-12-15(17)14(2)13-16/h13-14H,3-12H2,1-2H3. The Bertz CT molecular complexity index is 199. The summed E-state index contributed by atoms with van der Waals surface area (Å²) in [6.07, 6.45) is 12.6. The van der Waals surface area contributed by atoms with Gasteiger partial charge in [0.25, 0.3) is 0 Å². The Morgan fingerprint density at radius 2 is 1.41 bits per heavy atom. The summed E-state index contributed by atoms with van der Waals surface area (Å²) in [5.41, 5.74) is 0. The Morgan fingerprint density at radius 1 is 0.941 bits per heavy atom. The molecule has 0 aromatic rings. The van der Waals surface area contributed by atoms with Crippen LogP contribution in [-0.4, -0.2) is 12.1 Å². The first-order valence-corrected chi connectivity index (χ1v) is 7.20. The zero-order chi connectivity index (χ0) is 12.9. The molecule has 0 fully saturated rings.